The number of rotatable bonds is 6. The summed E-state index contributed by atoms with van der Waals surface area (Å²) < 4.78 is 48.2. The fraction of sp³-hybridized carbons (Fsp3) is 0.400. The van der Waals surface area contributed by atoms with Gasteiger partial charge in [0, 0.05) is 0 Å². The summed E-state index contributed by atoms with van der Waals surface area (Å²) in [4.78, 5) is 4.64. The van der Waals surface area contributed by atoms with E-state index < -0.39 is 18.9 Å². The highest BCUT2D eigenvalue weighted by Gasteiger charge is 2.40. The second kappa shape index (κ2) is 5.81. The smallest absolute Gasteiger partial charge is 0.297 e. The lowest BCUT2D eigenvalue weighted by molar-refractivity contribution is -0.146. The van der Waals surface area contributed by atoms with Crippen molar-refractivity contribution in [3.8, 4) is 0 Å². The largest absolute Gasteiger partial charge is 0.321 e. The third kappa shape index (κ3) is 4.16. The Balaban J connectivity index is 2.22. The highest BCUT2D eigenvalue weighted by Crippen LogP contribution is 2.21. The summed E-state index contributed by atoms with van der Waals surface area (Å²) in [6, 6.07) is 8.76. The predicted molar refractivity (Wildman–Crippen MR) is 50.2 cm³/mol. The van der Waals surface area contributed by atoms with Gasteiger partial charge in [-0.15, -0.1) is 0 Å². The van der Waals surface area contributed by atoms with E-state index in [0.717, 1.165) is 5.56 Å². The molecule has 90 valence electrons. The third-order valence-electron chi connectivity index (χ3n) is 1.81. The number of hydroxylamine groups is 1. The van der Waals surface area contributed by atoms with Crippen LogP contribution in [0.2, 0.25) is 0 Å². The molecule has 0 aliphatic heterocycles. The van der Waals surface area contributed by atoms with Gasteiger partial charge in [0.2, 0.25) is 0 Å². The molecular formula is C10H11F4NO. The second-order valence-electron chi connectivity index (χ2n) is 3.16. The van der Waals surface area contributed by atoms with E-state index in [4.69, 9.17) is 0 Å². The fourth-order valence-electron chi connectivity index (χ4n) is 0.933. The van der Waals surface area contributed by atoms with Crippen LogP contribution in [0, 0.1) is 0 Å². The van der Waals surface area contributed by atoms with E-state index in [1.807, 2.05) is 5.48 Å². The van der Waals surface area contributed by atoms with Gasteiger partial charge in [0.15, 0.2) is 0 Å². The van der Waals surface area contributed by atoms with Crippen LogP contribution in [0.4, 0.5) is 17.6 Å². The minimum atomic E-state index is -4.07. The summed E-state index contributed by atoms with van der Waals surface area (Å²) in [5, 5.41) is 0. The van der Waals surface area contributed by atoms with E-state index in [-0.39, 0.29) is 6.61 Å². The molecule has 2 nitrogen and oxygen atoms in total. The molecule has 0 atom stereocenters. The van der Waals surface area contributed by atoms with Gasteiger partial charge in [-0.1, -0.05) is 30.3 Å². The Kier molecular flexibility index (Phi) is 4.70. The lowest BCUT2D eigenvalue weighted by Crippen LogP contribution is -2.38. The van der Waals surface area contributed by atoms with Crippen LogP contribution >= 0.6 is 0 Å². The molecule has 0 saturated heterocycles. The van der Waals surface area contributed by atoms with Gasteiger partial charge >= 0.3 is 12.3 Å². The topological polar surface area (TPSA) is 21.3 Å². The van der Waals surface area contributed by atoms with Gasteiger partial charge in [-0.05, 0) is 5.56 Å². The Labute approximate surface area is 90.2 Å². The van der Waals surface area contributed by atoms with Crippen LogP contribution < -0.4 is 5.48 Å². The van der Waals surface area contributed by atoms with Crippen molar-refractivity contribution in [2.24, 2.45) is 0 Å². The minimum absolute atomic E-state index is 0.0418. The van der Waals surface area contributed by atoms with Crippen LogP contribution in [0.1, 0.15) is 5.56 Å². The number of hydrogen-bond acceptors (Lipinski definition) is 2. The number of benzene rings is 1. The van der Waals surface area contributed by atoms with Crippen molar-refractivity contribution in [2.75, 3.05) is 6.54 Å². The van der Waals surface area contributed by atoms with Gasteiger partial charge in [0.05, 0.1) is 13.2 Å². The lowest BCUT2D eigenvalue weighted by Gasteiger charge is -2.15. The van der Waals surface area contributed by atoms with Crippen LogP contribution in [0.3, 0.4) is 0 Å². The molecular weight excluding hydrogens is 226 g/mol. The molecule has 0 fully saturated rings. The summed E-state index contributed by atoms with van der Waals surface area (Å²) in [5.74, 6) is -4.07. The number of hydrogen-bond donors (Lipinski definition) is 1. The first kappa shape index (κ1) is 12.9. The maximum Gasteiger partial charge on any atom is 0.321 e. The zero-order chi connectivity index (χ0) is 12.0. The van der Waals surface area contributed by atoms with Crippen LogP contribution in [-0.2, 0) is 11.4 Å². The first-order valence-electron chi connectivity index (χ1n) is 4.57. The van der Waals surface area contributed by atoms with Gasteiger partial charge in [-0.25, -0.2) is 8.78 Å². The average molecular weight is 237 g/mol. The molecule has 16 heavy (non-hydrogen) atoms. The molecule has 0 aliphatic carbocycles. The maximum absolute atomic E-state index is 12.4. The molecule has 0 heterocycles. The fourth-order valence-corrected chi connectivity index (χ4v) is 0.933. The Morgan fingerprint density at radius 3 is 2.38 bits per heavy atom. The van der Waals surface area contributed by atoms with Gasteiger partial charge in [-0.3, -0.25) is 4.84 Å². The second-order valence-corrected chi connectivity index (χ2v) is 3.16. The predicted octanol–water partition coefficient (Wildman–Crippen LogP) is 2.61. The van der Waals surface area contributed by atoms with Gasteiger partial charge in [-0.2, -0.15) is 14.3 Å². The van der Waals surface area contributed by atoms with E-state index in [9.17, 15) is 17.6 Å². The molecule has 6 heteroatoms. The quantitative estimate of drug-likeness (QED) is 0.466. The molecule has 0 bridgehead atoms. The summed E-state index contributed by atoms with van der Waals surface area (Å²) in [6.07, 6.45) is -3.69. The van der Waals surface area contributed by atoms with Crippen LogP contribution in [0.15, 0.2) is 30.3 Å². The van der Waals surface area contributed by atoms with Crippen LogP contribution in [0.5, 0.6) is 0 Å². The molecule has 1 aromatic carbocycles. The standard InChI is InChI=1S/C10H11F4NO/c11-9(12)10(13,14)7-15-16-6-8-4-2-1-3-5-8/h1-5,9,15H,6-7H2. The molecule has 0 aliphatic rings. The Hall–Kier alpha value is -1.14. The van der Waals surface area contributed by atoms with Gasteiger partial charge < -0.3 is 0 Å². The Bertz CT molecular complexity index is 305. The Morgan fingerprint density at radius 2 is 1.81 bits per heavy atom. The van der Waals surface area contributed by atoms with Crippen LogP contribution in [0.25, 0.3) is 0 Å². The lowest BCUT2D eigenvalue weighted by atomic mass is 10.2. The Morgan fingerprint density at radius 1 is 1.19 bits per heavy atom. The molecule has 0 unspecified atom stereocenters. The van der Waals surface area contributed by atoms with E-state index >= 15 is 0 Å². The normalized spacial score (nSPS) is 12.1. The summed E-state index contributed by atoms with van der Waals surface area (Å²) in [7, 11) is 0. The van der Waals surface area contributed by atoms with Crippen molar-refractivity contribution < 1.29 is 22.4 Å². The van der Waals surface area contributed by atoms with Gasteiger partial charge in [0.1, 0.15) is 0 Å². The van der Waals surface area contributed by atoms with E-state index in [0.29, 0.717) is 0 Å². The highest BCUT2D eigenvalue weighted by atomic mass is 19.3. The highest BCUT2D eigenvalue weighted by molar-refractivity contribution is 5.13. The maximum atomic E-state index is 12.4. The summed E-state index contributed by atoms with van der Waals surface area (Å²) in [6.45, 7) is -1.17. The van der Waals surface area contributed by atoms with E-state index in [1.54, 1.807) is 30.3 Å². The zero-order valence-corrected chi connectivity index (χ0v) is 8.30. The number of alkyl halides is 4. The number of nitrogens with one attached hydrogen (secondary N) is 1. The van der Waals surface area contributed by atoms with Crippen molar-refractivity contribution in [3.63, 3.8) is 0 Å². The summed E-state index contributed by atoms with van der Waals surface area (Å²) >= 11 is 0. The first-order chi connectivity index (χ1) is 7.52. The molecule has 1 aromatic rings. The third-order valence-corrected chi connectivity index (χ3v) is 1.81. The van der Waals surface area contributed by atoms with Crippen molar-refractivity contribution in [2.45, 2.75) is 19.0 Å². The number of halogens is 4. The SMILES string of the molecule is FC(F)C(F)(F)CNOCc1ccccc1. The monoisotopic (exact) mass is 237 g/mol. The summed E-state index contributed by atoms with van der Waals surface area (Å²) in [5.41, 5.74) is 2.59. The van der Waals surface area contributed by atoms with Crippen molar-refractivity contribution in [1.29, 1.82) is 0 Å². The molecule has 1 N–H and O–H groups in total. The first-order valence-corrected chi connectivity index (χ1v) is 4.57. The molecule has 1 rings (SSSR count). The van der Waals surface area contributed by atoms with Gasteiger partial charge in [0.25, 0.3) is 0 Å². The van der Waals surface area contributed by atoms with E-state index in [2.05, 4.69) is 4.84 Å². The molecule has 0 amide bonds. The minimum Gasteiger partial charge on any atom is -0.297 e. The average Bonchev–Trinajstić information content (AvgIpc) is 2.26. The van der Waals surface area contributed by atoms with Crippen molar-refractivity contribution in [1.82, 2.24) is 5.48 Å². The molecule has 0 radical (unpaired) electrons. The molecule has 0 saturated carbocycles. The van der Waals surface area contributed by atoms with Crippen molar-refractivity contribution in [3.05, 3.63) is 35.9 Å². The van der Waals surface area contributed by atoms with Crippen molar-refractivity contribution >= 4 is 0 Å². The molecule has 0 aromatic heterocycles. The van der Waals surface area contributed by atoms with E-state index in [1.165, 1.54) is 0 Å². The van der Waals surface area contributed by atoms with Crippen LogP contribution in [-0.4, -0.2) is 18.9 Å². The molecule has 0 spiro atoms. The zero-order valence-electron chi connectivity index (χ0n) is 8.30.